The van der Waals surface area contributed by atoms with Crippen LogP contribution in [0.25, 0.3) is 0 Å². The molecule has 0 saturated heterocycles. The smallest absolute Gasteiger partial charge is 0.254 e. The first-order chi connectivity index (χ1) is 9.31. The highest BCUT2D eigenvalue weighted by atomic mass is 35.5. The summed E-state index contributed by atoms with van der Waals surface area (Å²) in [6, 6.07) is 4.50. The number of amides is 2. The van der Waals surface area contributed by atoms with E-state index in [2.05, 4.69) is 5.32 Å². The van der Waals surface area contributed by atoms with E-state index in [9.17, 15) is 9.59 Å². The van der Waals surface area contributed by atoms with E-state index >= 15 is 0 Å². The summed E-state index contributed by atoms with van der Waals surface area (Å²) < 4.78 is 0. The summed E-state index contributed by atoms with van der Waals surface area (Å²) in [6.45, 7) is 0.298. The Morgan fingerprint density at radius 2 is 1.90 bits per heavy atom. The first kappa shape index (κ1) is 16.7. The van der Waals surface area contributed by atoms with Gasteiger partial charge in [-0.25, -0.2) is 0 Å². The Hall–Kier alpha value is -1.34. The number of hydrogen-bond acceptors (Lipinski definition) is 4. The SMILES string of the molecule is NCCC[C@](N)(C(N)=O)C(=O)Nc1ccc(Cl)c(Cl)c1. The van der Waals surface area contributed by atoms with Crippen LogP contribution in [-0.4, -0.2) is 23.9 Å². The number of carbonyl (C=O) groups is 2. The lowest BCUT2D eigenvalue weighted by atomic mass is 9.92. The third-order valence-corrected chi connectivity index (χ3v) is 3.54. The van der Waals surface area contributed by atoms with Gasteiger partial charge >= 0.3 is 0 Å². The topological polar surface area (TPSA) is 124 Å². The van der Waals surface area contributed by atoms with Gasteiger partial charge in [-0.3, -0.25) is 9.59 Å². The lowest BCUT2D eigenvalue weighted by Crippen LogP contribution is -2.60. The van der Waals surface area contributed by atoms with E-state index in [4.69, 9.17) is 40.4 Å². The molecule has 0 aromatic heterocycles. The average molecular weight is 319 g/mol. The zero-order chi connectivity index (χ0) is 15.3. The van der Waals surface area contributed by atoms with Gasteiger partial charge in [0, 0.05) is 5.69 Å². The highest BCUT2D eigenvalue weighted by molar-refractivity contribution is 6.42. The van der Waals surface area contributed by atoms with E-state index in [0.29, 0.717) is 23.7 Å². The Kier molecular flexibility index (Phi) is 5.76. The van der Waals surface area contributed by atoms with Crippen molar-refractivity contribution in [2.45, 2.75) is 18.4 Å². The van der Waals surface area contributed by atoms with Crippen LogP contribution >= 0.6 is 23.2 Å². The van der Waals surface area contributed by atoms with Gasteiger partial charge in [-0.2, -0.15) is 0 Å². The number of nitrogens with two attached hydrogens (primary N) is 3. The number of rotatable bonds is 6. The molecule has 0 unspecified atom stereocenters. The van der Waals surface area contributed by atoms with Crippen LogP contribution in [0.2, 0.25) is 10.0 Å². The Labute approximate surface area is 126 Å². The third kappa shape index (κ3) is 3.83. The zero-order valence-corrected chi connectivity index (χ0v) is 12.2. The van der Waals surface area contributed by atoms with Crippen molar-refractivity contribution in [2.75, 3.05) is 11.9 Å². The number of primary amides is 1. The highest BCUT2D eigenvalue weighted by Gasteiger charge is 2.39. The molecule has 0 heterocycles. The van der Waals surface area contributed by atoms with Gasteiger partial charge in [0.15, 0.2) is 5.54 Å². The van der Waals surface area contributed by atoms with Crippen LogP contribution in [0.15, 0.2) is 18.2 Å². The first-order valence-electron chi connectivity index (χ1n) is 5.86. The van der Waals surface area contributed by atoms with E-state index in [1.54, 1.807) is 0 Å². The summed E-state index contributed by atoms with van der Waals surface area (Å²) in [4.78, 5) is 23.6. The summed E-state index contributed by atoms with van der Waals surface area (Å²) in [7, 11) is 0. The summed E-state index contributed by atoms with van der Waals surface area (Å²) in [5, 5.41) is 3.11. The number of carbonyl (C=O) groups excluding carboxylic acids is 2. The fourth-order valence-corrected chi connectivity index (χ4v) is 1.84. The van der Waals surface area contributed by atoms with Crippen LogP contribution < -0.4 is 22.5 Å². The van der Waals surface area contributed by atoms with Gasteiger partial charge in [0.25, 0.3) is 5.91 Å². The molecule has 0 aliphatic rings. The number of anilines is 1. The van der Waals surface area contributed by atoms with Crippen molar-refractivity contribution in [3.8, 4) is 0 Å². The Bertz CT molecular complexity index is 524. The number of halogens is 2. The van der Waals surface area contributed by atoms with Crippen molar-refractivity contribution in [1.82, 2.24) is 0 Å². The molecular weight excluding hydrogens is 303 g/mol. The Balaban J connectivity index is 2.90. The summed E-state index contributed by atoms with van der Waals surface area (Å²) in [5.41, 5.74) is 14.9. The van der Waals surface area contributed by atoms with Crippen LogP contribution in [-0.2, 0) is 9.59 Å². The van der Waals surface area contributed by atoms with Gasteiger partial charge in [0.2, 0.25) is 5.91 Å². The Morgan fingerprint density at radius 3 is 2.40 bits per heavy atom. The van der Waals surface area contributed by atoms with E-state index in [1.165, 1.54) is 18.2 Å². The van der Waals surface area contributed by atoms with Crippen LogP contribution in [0, 0.1) is 0 Å². The molecule has 1 atom stereocenters. The summed E-state index contributed by atoms with van der Waals surface area (Å²) >= 11 is 11.6. The molecule has 0 radical (unpaired) electrons. The molecule has 0 bridgehead atoms. The lowest BCUT2D eigenvalue weighted by molar-refractivity contribution is -0.132. The minimum absolute atomic E-state index is 0.0615. The largest absolute Gasteiger partial charge is 0.368 e. The van der Waals surface area contributed by atoms with Gasteiger partial charge in [0.1, 0.15) is 0 Å². The van der Waals surface area contributed by atoms with Gasteiger partial charge in [-0.05, 0) is 37.6 Å². The molecule has 6 nitrogen and oxygen atoms in total. The van der Waals surface area contributed by atoms with Gasteiger partial charge in [-0.15, -0.1) is 0 Å². The maximum atomic E-state index is 12.1. The minimum Gasteiger partial charge on any atom is -0.368 e. The van der Waals surface area contributed by atoms with Crippen molar-refractivity contribution in [3.63, 3.8) is 0 Å². The molecule has 1 aromatic rings. The maximum absolute atomic E-state index is 12.1. The normalized spacial score (nSPS) is 13.6. The van der Waals surface area contributed by atoms with E-state index in [0.717, 1.165) is 0 Å². The molecule has 110 valence electrons. The fourth-order valence-electron chi connectivity index (χ4n) is 1.55. The minimum atomic E-state index is -1.81. The summed E-state index contributed by atoms with van der Waals surface area (Å²) in [5.74, 6) is -1.62. The first-order valence-corrected chi connectivity index (χ1v) is 6.62. The fraction of sp³-hybridized carbons (Fsp3) is 0.333. The van der Waals surface area contributed by atoms with Crippen molar-refractivity contribution in [1.29, 1.82) is 0 Å². The molecule has 0 spiro atoms. The van der Waals surface area contributed by atoms with Gasteiger partial charge in [-0.1, -0.05) is 23.2 Å². The maximum Gasteiger partial charge on any atom is 0.254 e. The molecule has 0 aliphatic heterocycles. The van der Waals surface area contributed by atoms with E-state index in [1.807, 2.05) is 0 Å². The lowest BCUT2D eigenvalue weighted by Gasteiger charge is -2.24. The molecule has 2 amide bonds. The molecule has 8 heteroatoms. The van der Waals surface area contributed by atoms with Gasteiger partial charge < -0.3 is 22.5 Å². The second-order valence-corrected chi connectivity index (χ2v) is 5.13. The van der Waals surface area contributed by atoms with Crippen LogP contribution in [0.4, 0.5) is 5.69 Å². The van der Waals surface area contributed by atoms with E-state index < -0.39 is 17.4 Å². The molecule has 20 heavy (non-hydrogen) atoms. The number of hydrogen-bond donors (Lipinski definition) is 4. The molecule has 0 fully saturated rings. The zero-order valence-electron chi connectivity index (χ0n) is 10.7. The Morgan fingerprint density at radius 1 is 1.25 bits per heavy atom. The van der Waals surface area contributed by atoms with Crippen molar-refractivity contribution < 1.29 is 9.59 Å². The van der Waals surface area contributed by atoms with Crippen LogP contribution in [0.5, 0.6) is 0 Å². The van der Waals surface area contributed by atoms with Crippen molar-refractivity contribution >= 4 is 40.7 Å². The number of benzene rings is 1. The van der Waals surface area contributed by atoms with Gasteiger partial charge in [0.05, 0.1) is 10.0 Å². The molecular formula is C12H16Cl2N4O2. The average Bonchev–Trinajstić information content (AvgIpc) is 2.39. The predicted octanol–water partition coefficient (Wildman–Crippen LogP) is 0.854. The van der Waals surface area contributed by atoms with Crippen molar-refractivity contribution in [3.05, 3.63) is 28.2 Å². The molecule has 1 aromatic carbocycles. The summed E-state index contributed by atoms with van der Waals surface area (Å²) in [6.07, 6.45) is 0.459. The second-order valence-electron chi connectivity index (χ2n) is 4.31. The van der Waals surface area contributed by atoms with E-state index in [-0.39, 0.29) is 11.4 Å². The second kappa shape index (κ2) is 6.90. The quantitative estimate of drug-likeness (QED) is 0.580. The number of nitrogens with one attached hydrogen (secondary N) is 1. The highest BCUT2D eigenvalue weighted by Crippen LogP contribution is 2.25. The van der Waals surface area contributed by atoms with Crippen LogP contribution in [0.3, 0.4) is 0 Å². The third-order valence-electron chi connectivity index (χ3n) is 2.80. The molecule has 1 rings (SSSR count). The van der Waals surface area contributed by atoms with Crippen LogP contribution in [0.1, 0.15) is 12.8 Å². The molecule has 0 saturated carbocycles. The standard InChI is InChI=1S/C12H16Cl2N4O2/c13-8-3-2-7(6-9(8)14)18-11(20)12(17,10(16)19)4-1-5-15/h2-3,6H,1,4-5,15,17H2,(H2,16,19)(H,18,20)/t12-/m0/s1. The molecule has 7 N–H and O–H groups in total. The van der Waals surface area contributed by atoms with Crippen molar-refractivity contribution in [2.24, 2.45) is 17.2 Å². The predicted molar refractivity (Wildman–Crippen MR) is 79.5 cm³/mol. The monoisotopic (exact) mass is 318 g/mol. The molecule has 0 aliphatic carbocycles.